The first-order valence-electron chi connectivity index (χ1n) is 16.6. The summed E-state index contributed by atoms with van der Waals surface area (Å²) >= 11 is 0. The second kappa shape index (κ2) is 22.4. The summed E-state index contributed by atoms with van der Waals surface area (Å²) in [6, 6.07) is 7.21. The summed E-state index contributed by atoms with van der Waals surface area (Å²) in [7, 11) is 0. The third kappa shape index (κ3) is 16.7. The smallest absolute Gasteiger partial charge is 0.224 e. The number of benzene rings is 1. The zero-order valence-electron chi connectivity index (χ0n) is 27.7. The summed E-state index contributed by atoms with van der Waals surface area (Å²) in [5.74, 6) is -3.53. The molecule has 9 nitrogen and oxygen atoms in total. The van der Waals surface area contributed by atoms with Gasteiger partial charge in [0.05, 0.1) is 12.1 Å². The highest BCUT2D eigenvalue weighted by Gasteiger charge is 2.31. The lowest BCUT2D eigenvalue weighted by atomic mass is 9.87. The minimum Gasteiger partial charge on any atom is -0.388 e. The highest BCUT2D eigenvalue weighted by atomic mass is 19.1. The molecular formula is C35H56FN3O6. The van der Waals surface area contributed by atoms with E-state index >= 15 is 0 Å². The van der Waals surface area contributed by atoms with E-state index in [1.807, 2.05) is 44.2 Å². The molecule has 0 bridgehead atoms. The largest absolute Gasteiger partial charge is 0.388 e. The topological polar surface area (TPSA) is 156 Å². The van der Waals surface area contributed by atoms with Crippen LogP contribution in [0, 0.1) is 17.8 Å². The van der Waals surface area contributed by atoms with Gasteiger partial charge in [-0.05, 0) is 30.7 Å². The van der Waals surface area contributed by atoms with Crippen molar-refractivity contribution in [2.45, 2.75) is 129 Å². The quantitative estimate of drug-likeness (QED) is 0.114. The molecule has 0 aromatic heterocycles. The Morgan fingerprint density at radius 3 is 2.04 bits per heavy atom. The van der Waals surface area contributed by atoms with E-state index in [0.717, 1.165) is 24.8 Å². The van der Waals surface area contributed by atoms with Crippen molar-refractivity contribution in [3.63, 3.8) is 0 Å². The van der Waals surface area contributed by atoms with Gasteiger partial charge in [0.2, 0.25) is 17.7 Å². The average Bonchev–Trinajstić information content (AvgIpc) is 3.00. The number of primary amides is 1. The number of ketones is 2. The third-order valence-electron chi connectivity index (χ3n) is 8.24. The molecule has 1 aromatic rings. The lowest BCUT2D eigenvalue weighted by molar-refractivity contribution is -0.135. The summed E-state index contributed by atoms with van der Waals surface area (Å²) < 4.78 is 13.2. The summed E-state index contributed by atoms with van der Waals surface area (Å²) in [5.41, 5.74) is 5.98. The molecule has 5 N–H and O–H groups in total. The molecule has 10 heteroatoms. The number of Topliss-reactive ketones (excluding diaryl/α,β-unsaturated/α-hetero) is 2. The Bertz CT molecular complexity index is 1050. The molecule has 0 aliphatic rings. The first kappa shape index (κ1) is 39.9. The molecule has 0 radical (unpaired) electrons. The summed E-state index contributed by atoms with van der Waals surface area (Å²) in [6.45, 7) is 6.34. The monoisotopic (exact) mass is 633 g/mol. The van der Waals surface area contributed by atoms with Gasteiger partial charge in [0.25, 0.3) is 0 Å². The molecule has 0 saturated heterocycles. The number of aliphatic hydroxyl groups is 1. The van der Waals surface area contributed by atoms with Crippen LogP contribution in [-0.4, -0.2) is 59.3 Å². The number of hydrogen-bond donors (Lipinski definition) is 4. The predicted molar refractivity (Wildman–Crippen MR) is 174 cm³/mol. The Hall–Kier alpha value is -3.14. The number of aliphatic hydroxyl groups excluding tert-OH is 1. The maximum Gasteiger partial charge on any atom is 0.224 e. The van der Waals surface area contributed by atoms with Gasteiger partial charge in [-0.15, -0.1) is 0 Å². The number of nitrogens with one attached hydrogen (secondary N) is 2. The maximum absolute atomic E-state index is 13.5. The Kier molecular flexibility index (Phi) is 19.8. The summed E-state index contributed by atoms with van der Waals surface area (Å²) in [5, 5.41) is 15.4. The van der Waals surface area contributed by atoms with Crippen LogP contribution in [-0.2, 0) is 30.4 Å². The van der Waals surface area contributed by atoms with Gasteiger partial charge in [0.15, 0.2) is 5.78 Å². The number of nitrogens with two attached hydrogens (primary N) is 1. The van der Waals surface area contributed by atoms with Crippen molar-refractivity contribution < 1.29 is 33.5 Å². The molecule has 254 valence electrons. The molecule has 1 rings (SSSR count). The van der Waals surface area contributed by atoms with E-state index in [4.69, 9.17) is 5.73 Å². The lowest BCUT2D eigenvalue weighted by Gasteiger charge is -2.26. The molecule has 2 unspecified atom stereocenters. The molecule has 1 aromatic carbocycles. The fraction of sp³-hybridized carbons (Fsp3) is 0.686. The molecule has 0 aliphatic carbocycles. The third-order valence-corrected chi connectivity index (χ3v) is 8.24. The maximum atomic E-state index is 13.5. The van der Waals surface area contributed by atoms with Gasteiger partial charge < -0.3 is 21.5 Å². The minimum absolute atomic E-state index is 0.0370. The van der Waals surface area contributed by atoms with Crippen LogP contribution >= 0.6 is 0 Å². The number of unbranched alkanes of at least 4 members (excludes halogenated alkanes) is 6. The molecule has 0 aliphatic heterocycles. The van der Waals surface area contributed by atoms with Crippen LogP contribution in [0.5, 0.6) is 0 Å². The van der Waals surface area contributed by atoms with Gasteiger partial charge in [-0.25, -0.2) is 4.39 Å². The number of alkyl halides is 1. The number of rotatable bonds is 25. The van der Waals surface area contributed by atoms with E-state index in [9.17, 15) is 33.5 Å². The molecule has 45 heavy (non-hydrogen) atoms. The minimum atomic E-state index is -1.53. The van der Waals surface area contributed by atoms with E-state index < -0.39 is 48.5 Å². The van der Waals surface area contributed by atoms with Crippen LogP contribution in [0.15, 0.2) is 30.3 Å². The second-order valence-electron chi connectivity index (χ2n) is 12.6. The van der Waals surface area contributed by atoms with Crippen molar-refractivity contribution in [1.82, 2.24) is 10.6 Å². The van der Waals surface area contributed by atoms with Gasteiger partial charge in [0, 0.05) is 37.5 Å². The molecule has 0 fully saturated rings. The second-order valence-corrected chi connectivity index (χ2v) is 12.6. The Morgan fingerprint density at radius 1 is 0.844 bits per heavy atom. The van der Waals surface area contributed by atoms with E-state index in [0.29, 0.717) is 6.42 Å². The van der Waals surface area contributed by atoms with Crippen LogP contribution in [0.2, 0.25) is 0 Å². The Labute approximate surface area is 268 Å². The van der Waals surface area contributed by atoms with Crippen LogP contribution in [0.3, 0.4) is 0 Å². The molecule has 0 heterocycles. The molecule has 5 atom stereocenters. The fourth-order valence-electron chi connectivity index (χ4n) is 5.26. The van der Waals surface area contributed by atoms with E-state index in [2.05, 4.69) is 17.6 Å². The van der Waals surface area contributed by atoms with Crippen LogP contribution in [0.4, 0.5) is 4.39 Å². The van der Waals surface area contributed by atoms with Gasteiger partial charge >= 0.3 is 0 Å². The van der Waals surface area contributed by atoms with Crippen molar-refractivity contribution in [3.8, 4) is 0 Å². The van der Waals surface area contributed by atoms with E-state index in [-0.39, 0.29) is 55.5 Å². The van der Waals surface area contributed by atoms with Crippen molar-refractivity contribution in [2.75, 3.05) is 6.67 Å². The van der Waals surface area contributed by atoms with E-state index in [1.54, 1.807) is 0 Å². The molecule has 3 amide bonds. The molecule has 0 saturated carbocycles. The SMILES string of the molecule is CCCCCCCCCC(=O)C[C@H](C(=O)N[C@@H](Cc1ccccc1)C(=O)C[C@@H](C)C(=O)NC(CCC(N)=O)C(O)CF)C(C)C. The van der Waals surface area contributed by atoms with E-state index in [1.165, 1.54) is 32.6 Å². The normalized spacial score (nSPS) is 14.6. The number of halogens is 1. The Balaban J connectivity index is 2.91. The average molecular weight is 634 g/mol. The van der Waals surface area contributed by atoms with Gasteiger partial charge in [-0.3, -0.25) is 24.0 Å². The molecular weight excluding hydrogens is 577 g/mol. The number of carbonyl (C=O) groups is 5. The highest BCUT2D eigenvalue weighted by molar-refractivity contribution is 5.94. The summed E-state index contributed by atoms with van der Waals surface area (Å²) in [4.78, 5) is 63.9. The predicted octanol–water partition coefficient (Wildman–Crippen LogP) is 4.76. The molecule has 0 spiro atoms. The van der Waals surface area contributed by atoms with Crippen molar-refractivity contribution in [2.24, 2.45) is 23.5 Å². The Morgan fingerprint density at radius 2 is 1.47 bits per heavy atom. The zero-order chi connectivity index (χ0) is 33.8. The van der Waals surface area contributed by atoms with Crippen molar-refractivity contribution >= 4 is 29.3 Å². The van der Waals surface area contributed by atoms with Crippen molar-refractivity contribution in [1.29, 1.82) is 0 Å². The number of hydrogen-bond acceptors (Lipinski definition) is 6. The lowest BCUT2D eigenvalue weighted by Crippen LogP contribution is -2.49. The van der Waals surface area contributed by atoms with Crippen LogP contribution in [0.25, 0.3) is 0 Å². The standard InChI is InChI=1S/C35H56FN3O6/c1-5-6-7-8-9-10-14-17-27(40)22-28(24(2)3)35(45)39-30(21-26-15-12-11-13-16-26)31(41)20-25(4)34(44)38-29(32(42)23-36)18-19-33(37)43/h11-13,15-16,24-25,28-30,32,42H,5-10,14,17-23H2,1-4H3,(H2,37,43)(H,38,44)(H,39,45)/t25-,28+,29?,30+,32?/m1/s1. The van der Waals surface area contributed by atoms with Crippen LogP contribution < -0.4 is 16.4 Å². The number of carbonyl (C=O) groups excluding carboxylic acids is 5. The van der Waals surface area contributed by atoms with Crippen LogP contribution in [0.1, 0.15) is 110 Å². The zero-order valence-corrected chi connectivity index (χ0v) is 27.7. The first-order valence-corrected chi connectivity index (χ1v) is 16.6. The first-order chi connectivity index (χ1) is 21.4. The summed E-state index contributed by atoms with van der Waals surface area (Å²) in [6.07, 6.45) is 6.50. The van der Waals surface area contributed by atoms with Crippen molar-refractivity contribution in [3.05, 3.63) is 35.9 Å². The van der Waals surface area contributed by atoms with Gasteiger partial charge in [0.1, 0.15) is 18.6 Å². The van der Waals surface area contributed by atoms with Gasteiger partial charge in [-0.2, -0.15) is 0 Å². The van der Waals surface area contributed by atoms with Gasteiger partial charge in [-0.1, -0.05) is 96.6 Å². The highest BCUT2D eigenvalue weighted by Crippen LogP contribution is 2.20. The number of amides is 3. The fourth-order valence-corrected chi connectivity index (χ4v) is 5.26.